The van der Waals surface area contributed by atoms with E-state index in [2.05, 4.69) is 6.92 Å². The van der Waals surface area contributed by atoms with Crippen molar-refractivity contribution < 1.29 is 58.2 Å². The van der Waals surface area contributed by atoms with E-state index in [0.717, 1.165) is 11.6 Å². The molecular formula is C43H42O13. The highest BCUT2D eigenvalue weighted by molar-refractivity contribution is 6.06. The normalized spacial score (nSPS) is 33.5. The number of Topliss-reactive ketones (excluding diaryl/α,β-unsaturated/α-hetero) is 1. The zero-order chi connectivity index (χ0) is 40.5. The number of carbonyl (C=O) groups excluding carboxylic acids is 3. The van der Waals surface area contributed by atoms with Gasteiger partial charge in [0, 0.05) is 35.3 Å². The van der Waals surface area contributed by atoms with E-state index in [1.54, 1.807) is 38.5 Å². The van der Waals surface area contributed by atoms with E-state index in [1.807, 2.05) is 19.9 Å². The molecule has 0 amide bonds. The van der Waals surface area contributed by atoms with Crippen LogP contribution in [0, 0.1) is 27.6 Å². The van der Waals surface area contributed by atoms with Crippen LogP contribution in [0.1, 0.15) is 65.9 Å². The molecule has 2 aromatic carbocycles. The molecule has 13 nitrogen and oxygen atoms in total. The first-order valence-electron chi connectivity index (χ1n) is 18.3. The Kier molecular flexibility index (Phi) is 7.85. The molecule has 8 unspecified atom stereocenters. The first-order chi connectivity index (χ1) is 26.2. The lowest BCUT2D eigenvalue weighted by molar-refractivity contribution is -0.200. The molecule has 56 heavy (non-hydrogen) atoms. The van der Waals surface area contributed by atoms with Gasteiger partial charge in [-0.1, -0.05) is 19.9 Å². The number of aliphatic hydroxyl groups excluding tert-OH is 1. The highest BCUT2D eigenvalue weighted by atomic mass is 16.6. The van der Waals surface area contributed by atoms with Gasteiger partial charge in [-0.25, -0.2) is 0 Å². The number of phenolic OH excluding ortho intramolecular Hbond substituents is 3. The minimum absolute atomic E-state index is 0.0453. The van der Waals surface area contributed by atoms with Crippen LogP contribution < -0.4 is 5.43 Å². The van der Waals surface area contributed by atoms with Crippen LogP contribution in [-0.2, 0) is 23.9 Å². The zero-order valence-electron chi connectivity index (χ0n) is 31.6. The third-order valence-corrected chi connectivity index (χ3v) is 13.5. The predicted octanol–water partition coefficient (Wildman–Crippen LogP) is 6.72. The van der Waals surface area contributed by atoms with Gasteiger partial charge in [0.25, 0.3) is 0 Å². The Balaban J connectivity index is 0.000000179. The Morgan fingerprint density at radius 3 is 2.30 bits per heavy atom. The number of rotatable bonds is 3. The molecule has 4 aromatic rings. The van der Waals surface area contributed by atoms with E-state index in [9.17, 15) is 44.7 Å². The fourth-order valence-electron chi connectivity index (χ4n) is 11.3. The number of esters is 1. The predicted molar refractivity (Wildman–Crippen MR) is 199 cm³/mol. The van der Waals surface area contributed by atoms with Crippen molar-refractivity contribution in [3.8, 4) is 34.3 Å². The molecule has 13 heteroatoms. The molecule has 3 heterocycles. The maximum Gasteiger partial charge on any atom is 0.302 e. The van der Waals surface area contributed by atoms with Crippen LogP contribution in [0.4, 0.5) is 0 Å². The van der Waals surface area contributed by atoms with Gasteiger partial charge in [-0.2, -0.15) is 0 Å². The second-order valence-electron chi connectivity index (χ2n) is 16.8. The molecule has 1 aliphatic heterocycles. The summed E-state index contributed by atoms with van der Waals surface area (Å²) in [6.07, 6.45) is 7.17. The summed E-state index contributed by atoms with van der Waals surface area (Å²) < 4.78 is 23.4. The zero-order valence-corrected chi connectivity index (χ0v) is 31.6. The van der Waals surface area contributed by atoms with Gasteiger partial charge in [-0.15, -0.1) is 0 Å². The molecule has 5 aliphatic rings. The summed E-state index contributed by atoms with van der Waals surface area (Å²) in [5.41, 5.74) is -3.40. The Morgan fingerprint density at radius 2 is 1.64 bits per heavy atom. The molecule has 292 valence electrons. The summed E-state index contributed by atoms with van der Waals surface area (Å²) in [6.45, 7) is 10.8. The topological polar surface area (TPSA) is 217 Å². The quantitative estimate of drug-likeness (QED) is 0.0833. The molecule has 0 radical (unpaired) electrons. The summed E-state index contributed by atoms with van der Waals surface area (Å²) in [7, 11) is 0. The summed E-state index contributed by atoms with van der Waals surface area (Å²) in [6, 6.07) is 9.58. The lowest BCUT2D eigenvalue weighted by atomic mass is 9.38. The number of carbonyl (C=O) groups is 3. The molecule has 4 aliphatic carbocycles. The largest absolute Gasteiger partial charge is 0.508 e. The molecule has 2 aromatic heterocycles. The van der Waals surface area contributed by atoms with Crippen LogP contribution >= 0.6 is 0 Å². The van der Waals surface area contributed by atoms with Crippen molar-refractivity contribution in [2.75, 3.05) is 0 Å². The van der Waals surface area contributed by atoms with Gasteiger partial charge < -0.3 is 43.8 Å². The standard InChI is InChI=1S/C28H32O7.C15H10O6/c1-14(29)34-17-12-26(5)16(15-8-10-33-13-15)11-19-28(26,35-19)27(6)21(17)25(4)9-7-18(30)24(2,3)22(25)20(31)23(27)32;16-8-2-3-9-12(6-8)21-15(14(20)13(9)19)7-1-4-10(17)11(18)5-7/h7-10,13,16-17,19,21,31H,11-12H2,1-6H3;1-6,16-18,20H. The highest BCUT2D eigenvalue weighted by Crippen LogP contribution is 2.81. The number of aliphatic hydroxyl groups is 1. The number of ether oxygens (including phenoxy) is 2. The average Bonchev–Trinajstić information content (AvgIpc) is 3.49. The molecule has 0 bridgehead atoms. The van der Waals surface area contributed by atoms with Crippen LogP contribution in [0.2, 0.25) is 0 Å². The molecule has 5 N–H and O–H groups in total. The fourth-order valence-corrected chi connectivity index (χ4v) is 11.3. The summed E-state index contributed by atoms with van der Waals surface area (Å²) in [5.74, 6) is -3.44. The van der Waals surface area contributed by atoms with Crippen molar-refractivity contribution in [1.82, 2.24) is 0 Å². The van der Waals surface area contributed by atoms with Gasteiger partial charge in [0.05, 0.1) is 34.8 Å². The number of benzene rings is 2. The minimum atomic E-state index is -1.17. The molecule has 8 atom stereocenters. The van der Waals surface area contributed by atoms with E-state index in [0.29, 0.717) is 18.4 Å². The summed E-state index contributed by atoms with van der Waals surface area (Å²) in [5, 5.41) is 49.8. The maximum atomic E-state index is 14.3. The Labute approximate surface area is 320 Å². The number of aromatic hydroxyl groups is 4. The van der Waals surface area contributed by atoms with Crippen molar-refractivity contribution in [3.05, 3.63) is 94.3 Å². The van der Waals surface area contributed by atoms with E-state index in [-0.39, 0.29) is 57.4 Å². The number of epoxide rings is 1. The first kappa shape index (κ1) is 37.1. The molecular weight excluding hydrogens is 724 g/mol. The van der Waals surface area contributed by atoms with Crippen molar-refractivity contribution in [3.63, 3.8) is 0 Å². The van der Waals surface area contributed by atoms with Crippen molar-refractivity contribution >= 4 is 28.5 Å². The molecule has 3 fully saturated rings. The van der Waals surface area contributed by atoms with Crippen LogP contribution in [0.25, 0.3) is 22.3 Å². The van der Waals surface area contributed by atoms with Crippen molar-refractivity contribution in [2.24, 2.45) is 27.6 Å². The van der Waals surface area contributed by atoms with Crippen molar-refractivity contribution in [1.29, 1.82) is 0 Å². The van der Waals surface area contributed by atoms with Gasteiger partial charge in [0.2, 0.25) is 17.0 Å². The van der Waals surface area contributed by atoms with Crippen LogP contribution in [0.15, 0.2) is 92.1 Å². The minimum Gasteiger partial charge on any atom is -0.508 e. The summed E-state index contributed by atoms with van der Waals surface area (Å²) in [4.78, 5) is 51.7. The van der Waals surface area contributed by atoms with Gasteiger partial charge in [-0.3, -0.25) is 19.2 Å². The number of hydrogen-bond acceptors (Lipinski definition) is 13. The Morgan fingerprint density at radius 1 is 0.911 bits per heavy atom. The lowest BCUT2D eigenvalue weighted by Crippen LogP contribution is -2.70. The van der Waals surface area contributed by atoms with Crippen molar-refractivity contribution in [2.45, 2.75) is 78.1 Å². The monoisotopic (exact) mass is 766 g/mol. The second kappa shape index (κ2) is 11.8. The number of hydrogen-bond donors (Lipinski definition) is 5. The van der Waals surface area contributed by atoms with E-state index in [4.69, 9.17) is 18.3 Å². The van der Waals surface area contributed by atoms with Gasteiger partial charge in [0.15, 0.2) is 28.8 Å². The number of furan rings is 1. The third-order valence-electron chi connectivity index (χ3n) is 13.5. The summed E-state index contributed by atoms with van der Waals surface area (Å²) >= 11 is 0. The molecule has 1 saturated heterocycles. The number of ketones is 2. The Bertz CT molecular complexity index is 2490. The van der Waals surface area contributed by atoms with Crippen LogP contribution in [0.3, 0.4) is 0 Å². The van der Waals surface area contributed by atoms with E-state index in [1.165, 1.54) is 37.3 Å². The molecule has 9 rings (SSSR count). The smallest absolute Gasteiger partial charge is 0.302 e. The number of fused-ring (bicyclic) bond motifs is 4. The Hall–Kier alpha value is -5.82. The lowest BCUT2D eigenvalue weighted by Gasteiger charge is -2.64. The van der Waals surface area contributed by atoms with E-state index < -0.39 is 68.0 Å². The average molecular weight is 767 g/mol. The fraction of sp³-hybridized carbons (Fsp3) is 0.395. The molecule has 2 saturated carbocycles. The number of allylic oxidation sites excluding steroid dienone is 4. The van der Waals surface area contributed by atoms with Gasteiger partial charge >= 0.3 is 5.97 Å². The first-order valence-corrected chi connectivity index (χ1v) is 18.3. The number of phenols is 3. The van der Waals surface area contributed by atoms with Crippen LogP contribution in [0.5, 0.6) is 23.0 Å². The SMILES string of the molecule is CC(=O)OC1CC2(C)C(c3ccoc3)CC3OC32C2(C)C(=O)C(O)=C3C(C)(C)C(=O)C=CC3(C)C12.O=c1c(O)c(-c2ccc(O)c(O)c2)oc2cc(O)ccc12. The van der Waals surface area contributed by atoms with Gasteiger partial charge in [0.1, 0.15) is 23.0 Å². The second-order valence-corrected chi connectivity index (χ2v) is 16.8. The van der Waals surface area contributed by atoms with E-state index >= 15 is 0 Å². The third kappa shape index (κ3) is 4.69. The highest BCUT2D eigenvalue weighted by Gasteiger charge is 2.89. The maximum absolute atomic E-state index is 14.3. The molecule has 1 spiro atoms. The van der Waals surface area contributed by atoms with Crippen LogP contribution in [-0.4, -0.2) is 60.9 Å². The van der Waals surface area contributed by atoms with Gasteiger partial charge in [-0.05, 0) is 93.1 Å².